The Kier molecular flexibility index (Phi) is 11.7. The van der Waals surface area contributed by atoms with Gasteiger partial charge in [-0.05, 0) is 114 Å². The molecule has 16 rings (SSSR count). The minimum absolute atomic E-state index is 0.00202. The van der Waals surface area contributed by atoms with Gasteiger partial charge in [-0.3, -0.25) is 0 Å². The van der Waals surface area contributed by atoms with Gasteiger partial charge in [0.25, 0.3) is 11.8 Å². The summed E-state index contributed by atoms with van der Waals surface area (Å²) in [5.74, 6) is -5.29. The molecule has 2 aromatic heterocycles. The lowest BCUT2D eigenvalue weighted by atomic mass is 9.91. The van der Waals surface area contributed by atoms with Crippen molar-refractivity contribution in [3.05, 3.63) is 301 Å². The van der Waals surface area contributed by atoms with Gasteiger partial charge in [0.1, 0.15) is 0 Å². The number of hydrogen-bond acceptors (Lipinski definition) is 4. The number of rotatable bonds is 9. The second kappa shape index (κ2) is 19.9. The van der Waals surface area contributed by atoms with Crippen molar-refractivity contribution in [2.75, 3.05) is 0 Å². The van der Waals surface area contributed by atoms with Gasteiger partial charge in [0.15, 0.2) is 11.6 Å². The summed E-state index contributed by atoms with van der Waals surface area (Å²) in [7, 11) is 0. The maximum atomic E-state index is 17.2. The van der Waals surface area contributed by atoms with Crippen LogP contribution in [0, 0.1) is 0 Å². The summed E-state index contributed by atoms with van der Waals surface area (Å²) in [5, 5.41) is 3.62. The van der Waals surface area contributed by atoms with Crippen LogP contribution in [0.1, 0.15) is 22.3 Å². The highest BCUT2D eigenvalue weighted by Crippen LogP contribution is 2.55. The van der Waals surface area contributed by atoms with Crippen LogP contribution in [-0.4, -0.2) is 19.9 Å². The topological polar surface area (TPSA) is 51.6 Å². The monoisotopic (exact) mass is 1110 g/mol. The second-order valence-electron chi connectivity index (χ2n) is 22.0. The Labute approximate surface area is 493 Å². The van der Waals surface area contributed by atoms with Gasteiger partial charge in [-0.15, -0.1) is 0 Å². The van der Waals surface area contributed by atoms with E-state index in [4.69, 9.17) is 19.9 Å². The van der Waals surface area contributed by atoms with E-state index in [1.807, 2.05) is 224 Å². The first kappa shape index (κ1) is 50.7. The van der Waals surface area contributed by atoms with Crippen molar-refractivity contribution in [3.63, 3.8) is 0 Å². The van der Waals surface area contributed by atoms with E-state index >= 15 is 17.6 Å². The van der Waals surface area contributed by atoms with Crippen molar-refractivity contribution in [3.8, 4) is 123 Å². The number of hydrogen-bond donors (Lipinski definition) is 0. The van der Waals surface area contributed by atoms with Gasteiger partial charge in [0, 0.05) is 55.6 Å². The highest BCUT2D eigenvalue weighted by atomic mass is 19.3. The van der Waals surface area contributed by atoms with Crippen LogP contribution in [0.25, 0.3) is 145 Å². The summed E-state index contributed by atoms with van der Waals surface area (Å²) in [5.41, 5.74) is 14.8. The van der Waals surface area contributed by atoms with Gasteiger partial charge in [-0.2, -0.15) is 17.6 Å². The summed E-state index contributed by atoms with van der Waals surface area (Å²) < 4.78 is 66.3. The Balaban J connectivity index is 0.717. The number of aromatic nitrogens is 4. The van der Waals surface area contributed by atoms with E-state index in [-0.39, 0.29) is 22.3 Å². The van der Waals surface area contributed by atoms with Gasteiger partial charge in [-0.25, -0.2) is 19.9 Å². The van der Waals surface area contributed by atoms with Crippen molar-refractivity contribution in [2.45, 2.75) is 11.8 Å². The first-order valence-electron chi connectivity index (χ1n) is 28.5. The van der Waals surface area contributed by atoms with Crippen LogP contribution in [0.15, 0.2) is 279 Å². The van der Waals surface area contributed by atoms with E-state index in [9.17, 15) is 0 Å². The highest BCUT2D eigenvalue weighted by molar-refractivity contribution is 6.06. The Morgan fingerprint density at radius 1 is 0.198 bits per heavy atom. The molecule has 0 aliphatic heterocycles. The van der Waals surface area contributed by atoms with Crippen LogP contribution in [-0.2, 0) is 11.8 Å². The van der Waals surface area contributed by atoms with Gasteiger partial charge in [0.05, 0.1) is 22.8 Å². The zero-order valence-electron chi connectivity index (χ0n) is 45.9. The zero-order chi connectivity index (χ0) is 57.7. The maximum Gasteiger partial charge on any atom is 0.299 e. The Morgan fingerprint density at radius 3 is 1.07 bits per heavy atom. The van der Waals surface area contributed by atoms with Crippen molar-refractivity contribution in [1.82, 2.24) is 19.9 Å². The summed E-state index contributed by atoms with van der Waals surface area (Å²) in [6.07, 6.45) is 0. The lowest BCUT2D eigenvalue weighted by molar-refractivity contribution is 0.0475. The SMILES string of the molecule is FC1(F)c2cc(-c3ccc(-c4cc(-c5ccccc5)nc(-c5ccc(-c6ccc7c(c6)C(F)(F)c6ccccc6-7)c6ccccc56)n4)cc3)ccc2-c2ccc(-c3ccc(-c4cc(-c5ccccc5)nc(-c5ccccc5)n4)c4ccccc34)cc21. The van der Waals surface area contributed by atoms with Gasteiger partial charge >= 0.3 is 0 Å². The molecule has 14 aromatic rings. The molecule has 86 heavy (non-hydrogen) atoms. The Morgan fingerprint density at radius 2 is 0.523 bits per heavy atom. The van der Waals surface area contributed by atoms with E-state index in [0.29, 0.717) is 56.3 Å². The number of benzene rings is 12. The van der Waals surface area contributed by atoms with Crippen LogP contribution in [0.3, 0.4) is 0 Å². The first-order chi connectivity index (χ1) is 42.1. The highest BCUT2D eigenvalue weighted by Gasteiger charge is 2.46. The average Bonchev–Trinajstić information content (AvgIpc) is 1.62. The normalized spacial score (nSPS) is 13.3. The third-order valence-corrected chi connectivity index (χ3v) is 17.0. The zero-order valence-corrected chi connectivity index (χ0v) is 45.9. The van der Waals surface area contributed by atoms with E-state index < -0.39 is 11.8 Å². The van der Waals surface area contributed by atoms with E-state index in [0.717, 1.165) is 88.7 Å². The Bertz CT molecular complexity index is 4990. The van der Waals surface area contributed by atoms with E-state index in [2.05, 4.69) is 6.07 Å². The molecule has 0 saturated heterocycles. The first-order valence-corrected chi connectivity index (χ1v) is 28.5. The molecule has 0 saturated carbocycles. The fraction of sp³-hybridized carbons (Fsp3) is 0.0256. The number of fused-ring (bicyclic) bond motifs is 8. The van der Waals surface area contributed by atoms with Crippen molar-refractivity contribution in [2.24, 2.45) is 0 Å². The predicted octanol–water partition coefficient (Wildman–Crippen LogP) is 20.8. The molecule has 2 heterocycles. The lowest BCUT2D eigenvalue weighted by Crippen LogP contribution is -2.11. The standard InChI is InChI=1S/C78H46F4N4/c79-77(80)67-27-15-14-26-61(67)62-36-33-53(43-69(62)77)56-39-41-66(60-25-13-11-23-58(56)60)76-84-71(48-16-4-1-5-17-48)45-72(85-76)50-30-28-47(29-31-50)52-32-35-63-64-37-34-54(44-70(64)78(81,82)68(63)42-52)55-38-40-65(59-24-12-10-22-57(55)59)74-46-73(49-18-6-2-7-19-49)83-75(86-74)51-20-8-3-9-21-51/h1-46H. The lowest BCUT2D eigenvalue weighted by Gasteiger charge is -2.16. The largest absolute Gasteiger partial charge is 0.299 e. The summed E-state index contributed by atoms with van der Waals surface area (Å²) in [4.78, 5) is 20.5. The van der Waals surface area contributed by atoms with Gasteiger partial charge in [0.2, 0.25) is 0 Å². The molecule has 0 radical (unpaired) electrons. The van der Waals surface area contributed by atoms with Crippen LogP contribution < -0.4 is 0 Å². The average molecular weight is 1120 g/mol. The van der Waals surface area contributed by atoms with Crippen molar-refractivity contribution >= 4 is 21.5 Å². The summed E-state index contributed by atoms with van der Waals surface area (Å²) in [6.45, 7) is 0. The Hall–Kier alpha value is -11.0. The molecular formula is C78H46F4N4. The van der Waals surface area contributed by atoms with Crippen LogP contribution >= 0.6 is 0 Å². The molecule has 0 spiro atoms. The smallest absolute Gasteiger partial charge is 0.228 e. The number of alkyl halides is 4. The molecule has 12 aromatic carbocycles. The molecule has 4 nitrogen and oxygen atoms in total. The molecular weight excluding hydrogens is 1070 g/mol. The van der Waals surface area contributed by atoms with E-state index in [1.54, 1.807) is 42.5 Å². The molecule has 406 valence electrons. The van der Waals surface area contributed by atoms with Crippen LogP contribution in [0.4, 0.5) is 17.6 Å². The molecule has 0 N–H and O–H groups in total. The van der Waals surface area contributed by atoms with Gasteiger partial charge < -0.3 is 0 Å². The fourth-order valence-electron chi connectivity index (χ4n) is 12.8. The van der Waals surface area contributed by atoms with Crippen molar-refractivity contribution in [1.29, 1.82) is 0 Å². The minimum atomic E-state index is -3.27. The molecule has 0 fully saturated rings. The van der Waals surface area contributed by atoms with Crippen LogP contribution in [0.5, 0.6) is 0 Å². The molecule has 0 unspecified atom stereocenters. The quantitative estimate of drug-likeness (QED) is 0.135. The molecule has 8 heteroatoms. The van der Waals surface area contributed by atoms with Gasteiger partial charge in [-0.1, -0.05) is 243 Å². The molecule has 0 atom stereocenters. The fourth-order valence-corrected chi connectivity index (χ4v) is 12.8. The minimum Gasteiger partial charge on any atom is -0.228 e. The maximum absolute atomic E-state index is 17.2. The summed E-state index contributed by atoms with van der Waals surface area (Å²) in [6, 6.07) is 88.6. The molecule has 0 bridgehead atoms. The number of halogens is 4. The van der Waals surface area contributed by atoms with Crippen LogP contribution in [0.2, 0.25) is 0 Å². The second-order valence-corrected chi connectivity index (χ2v) is 22.0. The molecule has 0 amide bonds. The van der Waals surface area contributed by atoms with E-state index in [1.165, 1.54) is 6.07 Å². The predicted molar refractivity (Wildman–Crippen MR) is 338 cm³/mol. The third-order valence-electron chi connectivity index (χ3n) is 17.0. The number of nitrogens with zero attached hydrogens (tertiary/aromatic N) is 4. The van der Waals surface area contributed by atoms with Crippen molar-refractivity contribution < 1.29 is 17.6 Å². The summed E-state index contributed by atoms with van der Waals surface area (Å²) >= 11 is 0. The third kappa shape index (κ3) is 8.35. The molecule has 2 aliphatic rings. The molecule has 2 aliphatic carbocycles.